The highest BCUT2D eigenvalue weighted by atomic mass is 32.1. The standard InChI is InChI=1S/C39H54FN6O8PSSi2/c1-11-50-36-24-43-37-29(18-25(2)19-32(37)44-36)38-45-31-20-30(40)33(21-34(31)56-38)54-27(4)26(3)46(39(47)48)28-22-41-35(42-23-28)12-13-51-55(49,52-14-16-57(5,6)7)53-15-17-58(8,9)10/h18-24,26-27H,11-17H2,1-10H3,(H,47,48)/t26-,27+/m1/s1. The second-order valence-corrected chi connectivity index (χ2v) is 30.4. The maximum absolute atomic E-state index is 15.5. The van der Waals surface area contributed by atoms with Crippen molar-refractivity contribution in [3.8, 4) is 22.2 Å². The molecule has 14 nitrogen and oxygen atoms in total. The first-order chi connectivity index (χ1) is 27.2. The summed E-state index contributed by atoms with van der Waals surface area (Å²) in [6.07, 6.45) is 2.47. The van der Waals surface area contributed by atoms with E-state index in [2.05, 4.69) is 59.2 Å². The number of thiazole rings is 1. The first kappa shape index (κ1) is 45.2. The van der Waals surface area contributed by atoms with Crippen molar-refractivity contribution in [1.82, 2.24) is 24.9 Å². The Kier molecular flexibility index (Phi) is 14.8. The second-order valence-electron chi connectivity index (χ2n) is 16.5. The number of amides is 1. The number of anilines is 1. The molecule has 3 aromatic heterocycles. The van der Waals surface area contributed by atoms with Gasteiger partial charge in [-0.25, -0.2) is 38.7 Å². The molecule has 0 radical (unpaired) electrons. The third kappa shape index (κ3) is 12.3. The van der Waals surface area contributed by atoms with Gasteiger partial charge in [0.1, 0.15) is 16.9 Å². The van der Waals surface area contributed by atoms with Gasteiger partial charge in [-0.3, -0.25) is 18.5 Å². The van der Waals surface area contributed by atoms with Gasteiger partial charge in [-0.2, -0.15) is 0 Å². The molecule has 2 atom stereocenters. The largest absolute Gasteiger partial charge is 0.485 e. The van der Waals surface area contributed by atoms with Crippen molar-refractivity contribution in [2.45, 2.75) is 97.6 Å². The Morgan fingerprint density at radius 2 is 1.53 bits per heavy atom. The minimum Gasteiger partial charge on any atom is -0.485 e. The van der Waals surface area contributed by atoms with Crippen LogP contribution in [0.2, 0.25) is 51.4 Å². The molecule has 0 saturated carbocycles. The number of nitrogens with zero attached hydrogens (tertiary/aromatic N) is 6. The molecule has 5 rings (SSSR count). The molecule has 0 spiro atoms. The van der Waals surface area contributed by atoms with Crippen LogP contribution in [0, 0.1) is 12.7 Å². The average molecular weight is 873 g/mol. The van der Waals surface area contributed by atoms with Gasteiger partial charge < -0.3 is 14.6 Å². The van der Waals surface area contributed by atoms with E-state index in [1.807, 2.05) is 26.0 Å². The van der Waals surface area contributed by atoms with Gasteiger partial charge in [0.25, 0.3) is 0 Å². The summed E-state index contributed by atoms with van der Waals surface area (Å²) in [5.74, 6) is 0.0992. The fraction of sp³-hybridized carbons (Fsp3) is 0.487. The third-order valence-electron chi connectivity index (χ3n) is 9.09. The van der Waals surface area contributed by atoms with Crippen molar-refractivity contribution in [3.63, 3.8) is 0 Å². The maximum atomic E-state index is 15.5. The number of fused-ring (bicyclic) bond motifs is 2. The van der Waals surface area contributed by atoms with Crippen LogP contribution >= 0.6 is 19.2 Å². The van der Waals surface area contributed by atoms with E-state index in [1.165, 1.54) is 29.8 Å². The summed E-state index contributed by atoms with van der Waals surface area (Å²) in [4.78, 5) is 36.2. The normalized spacial score (nSPS) is 13.5. The molecule has 0 unspecified atom stereocenters. The lowest BCUT2D eigenvalue weighted by atomic mass is 10.1. The van der Waals surface area contributed by atoms with E-state index >= 15 is 4.39 Å². The van der Waals surface area contributed by atoms with Gasteiger partial charge in [0, 0.05) is 40.3 Å². The van der Waals surface area contributed by atoms with E-state index in [-0.39, 0.29) is 37.7 Å². The number of rotatable bonds is 20. The Labute approximate surface area is 345 Å². The Bertz CT molecular complexity index is 2230. The number of hydrogen-bond donors (Lipinski definition) is 1. The van der Waals surface area contributed by atoms with Crippen LogP contribution in [0.4, 0.5) is 14.9 Å². The number of phosphoric acid groups is 1. The monoisotopic (exact) mass is 872 g/mol. The lowest BCUT2D eigenvalue weighted by Crippen LogP contribution is -2.46. The van der Waals surface area contributed by atoms with E-state index in [0.29, 0.717) is 44.6 Å². The molecule has 1 amide bonds. The molecule has 19 heteroatoms. The van der Waals surface area contributed by atoms with Crippen molar-refractivity contribution in [1.29, 1.82) is 0 Å². The molecular weight excluding hydrogens is 819 g/mol. The predicted molar refractivity (Wildman–Crippen MR) is 232 cm³/mol. The summed E-state index contributed by atoms with van der Waals surface area (Å²) < 4.78 is 58.4. The summed E-state index contributed by atoms with van der Waals surface area (Å²) in [5, 5.41) is 10.9. The third-order valence-corrected chi connectivity index (χ3v) is 15.0. The van der Waals surface area contributed by atoms with Crippen molar-refractivity contribution in [3.05, 3.63) is 60.1 Å². The van der Waals surface area contributed by atoms with Crippen LogP contribution in [0.15, 0.2) is 42.9 Å². The van der Waals surface area contributed by atoms with Gasteiger partial charge in [0.15, 0.2) is 11.6 Å². The number of ether oxygens (including phenoxy) is 2. The molecule has 1 N–H and O–H groups in total. The lowest BCUT2D eigenvalue weighted by Gasteiger charge is -2.30. The van der Waals surface area contributed by atoms with Crippen LogP contribution < -0.4 is 14.4 Å². The number of phosphoric ester groups is 1. The van der Waals surface area contributed by atoms with Crippen molar-refractivity contribution >= 4 is 68.3 Å². The van der Waals surface area contributed by atoms with Crippen molar-refractivity contribution in [2.75, 3.05) is 31.3 Å². The fourth-order valence-corrected chi connectivity index (χ4v) is 9.62. The number of hydrogen-bond acceptors (Lipinski definition) is 13. The van der Waals surface area contributed by atoms with Crippen LogP contribution in [-0.2, 0) is 24.6 Å². The molecule has 0 aliphatic rings. The van der Waals surface area contributed by atoms with Crippen molar-refractivity contribution in [2.24, 2.45) is 0 Å². The summed E-state index contributed by atoms with van der Waals surface area (Å²) in [5.41, 5.74) is 3.67. The second kappa shape index (κ2) is 19.0. The Balaban J connectivity index is 1.25. The first-order valence-corrected chi connectivity index (χ1v) is 29.0. The highest BCUT2D eigenvalue weighted by Crippen LogP contribution is 2.50. The molecule has 314 valence electrons. The van der Waals surface area contributed by atoms with E-state index < -0.39 is 48.0 Å². The van der Waals surface area contributed by atoms with Gasteiger partial charge in [0.2, 0.25) is 5.88 Å². The number of carbonyl (C=O) groups is 1. The summed E-state index contributed by atoms with van der Waals surface area (Å²) in [6.45, 7) is 21.4. The number of aromatic nitrogens is 5. The van der Waals surface area contributed by atoms with Gasteiger partial charge >= 0.3 is 13.9 Å². The average Bonchev–Trinajstić information content (AvgIpc) is 3.53. The van der Waals surface area contributed by atoms with E-state index in [0.717, 1.165) is 28.1 Å². The lowest BCUT2D eigenvalue weighted by molar-refractivity contribution is 0.121. The summed E-state index contributed by atoms with van der Waals surface area (Å²) in [6, 6.07) is 7.60. The molecule has 0 aliphatic heterocycles. The van der Waals surface area contributed by atoms with Crippen LogP contribution in [0.5, 0.6) is 11.6 Å². The molecule has 0 saturated heterocycles. The van der Waals surface area contributed by atoms with E-state index in [1.54, 1.807) is 26.1 Å². The van der Waals surface area contributed by atoms with Crippen molar-refractivity contribution < 1.29 is 41.9 Å². The Hall–Kier alpha value is -3.91. The SMILES string of the molecule is CCOc1cnc2c(-c3nc4cc(F)c(O[C@@H](C)[C@@H](C)N(C(=O)O)c5cnc(CCOP(=O)(OCC[Si](C)(C)C)OCC[Si](C)(C)C)nc5)cc4s3)cc(C)cc2n1. The molecule has 58 heavy (non-hydrogen) atoms. The van der Waals surface area contributed by atoms with E-state index in [4.69, 9.17) is 28.0 Å². The molecule has 0 bridgehead atoms. The Morgan fingerprint density at radius 3 is 2.14 bits per heavy atom. The topological polar surface area (TPSA) is 168 Å². The zero-order valence-corrected chi connectivity index (χ0v) is 38.6. The molecule has 5 aromatic rings. The number of benzene rings is 2. The van der Waals surface area contributed by atoms with Crippen LogP contribution in [0.25, 0.3) is 31.8 Å². The highest BCUT2D eigenvalue weighted by molar-refractivity contribution is 7.48. The minimum atomic E-state index is -3.81. The molecule has 3 heterocycles. The minimum absolute atomic E-state index is 0.0252. The zero-order chi connectivity index (χ0) is 42.4. The van der Waals surface area contributed by atoms with Gasteiger partial charge in [-0.15, -0.1) is 11.3 Å². The fourth-order valence-electron chi connectivity index (χ4n) is 5.68. The van der Waals surface area contributed by atoms with Gasteiger partial charge in [0.05, 0.1) is 78.0 Å². The maximum Gasteiger partial charge on any atom is 0.474 e. The molecular formula is C39H54FN6O8PSSi2. The van der Waals surface area contributed by atoms with Gasteiger partial charge in [-0.05, 0) is 57.5 Å². The summed E-state index contributed by atoms with van der Waals surface area (Å²) >= 11 is 1.36. The molecule has 0 aliphatic carbocycles. The molecule has 2 aromatic carbocycles. The van der Waals surface area contributed by atoms with Crippen LogP contribution in [0.3, 0.4) is 0 Å². The zero-order valence-electron chi connectivity index (χ0n) is 34.9. The number of halogens is 1. The highest BCUT2D eigenvalue weighted by Gasteiger charge is 2.31. The number of aryl methyl sites for hydroxylation is 1. The smallest absolute Gasteiger partial charge is 0.474 e. The predicted octanol–water partition coefficient (Wildman–Crippen LogP) is 10.3. The van der Waals surface area contributed by atoms with Gasteiger partial charge in [-0.1, -0.05) is 39.3 Å². The quantitative estimate of drug-likeness (QED) is 0.0580. The number of carboxylic acid groups (broad SMARTS) is 1. The summed E-state index contributed by atoms with van der Waals surface area (Å²) in [7, 11) is -6.70. The molecule has 0 fully saturated rings. The van der Waals surface area contributed by atoms with Crippen LogP contribution in [0.1, 0.15) is 32.2 Å². The Morgan fingerprint density at radius 1 is 0.897 bits per heavy atom. The van der Waals surface area contributed by atoms with Crippen LogP contribution in [-0.4, -0.2) is 90.8 Å². The first-order valence-electron chi connectivity index (χ1n) is 19.3. The van der Waals surface area contributed by atoms with E-state index in [9.17, 15) is 14.5 Å².